The van der Waals surface area contributed by atoms with Crippen molar-refractivity contribution < 1.29 is 13.2 Å². The number of nitrogens with zero attached hydrogens (tertiary/aromatic N) is 1. The maximum Gasteiger partial charge on any atom is 0.243 e. The number of carbonyl (C=O) groups is 1. The van der Waals surface area contributed by atoms with Crippen LogP contribution in [0.3, 0.4) is 0 Å². The second-order valence-electron chi connectivity index (χ2n) is 3.58. The summed E-state index contributed by atoms with van der Waals surface area (Å²) in [7, 11) is -3.57. The molecule has 0 aliphatic carbocycles. The summed E-state index contributed by atoms with van der Waals surface area (Å²) in [6.07, 6.45) is 0.291. The van der Waals surface area contributed by atoms with Crippen molar-refractivity contribution in [3.8, 4) is 0 Å². The topological polar surface area (TPSA) is 54.5 Å². The van der Waals surface area contributed by atoms with Crippen LogP contribution in [0.1, 0.15) is 6.42 Å². The van der Waals surface area contributed by atoms with Gasteiger partial charge in [-0.2, -0.15) is 4.31 Å². The zero-order valence-electron chi connectivity index (χ0n) is 8.39. The van der Waals surface area contributed by atoms with Crippen LogP contribution < -0.4 is 0 Å². The molecule has 1 fully saturated rings. The van der Waals surface area contributed by atoms with Crippen molar-refractivity contribution in [2.75, 3.05) is 13.1 Å². The molecule has 0 N–H and O–H groups in total. The van der Waals surface area contributed by atoms with Gasteiger partial charge in [0.2, 0.25) is 10.0 Å². The molecular weight excluding hydrogens is 250 g/mol. The lowest BCUT2D eigenvalue weighted by Crippen LogP contribution is -2.28. The van der Waals surface area contributed by atoms with Gasteiger partial charge < -0.3 is 0 Å². The highest BCUT2D eigenvalue weighted by Gasteiger charge is 2.31. The molecule has 0 saturated carbocycles. The predicted molar refractivity (Wildman–Crippen MR) is 59.8 cm³/mol. The van der Waals surface area contributed by atoms with E-state index in [0.717, 1.165) is 0 Å². The van der Waals surface area contributed by atoms with Crippen LogP contribution in [0.15, 0.2) is 29.2 Å². The van der Waals surface area contributed by atoms with Gasteiger partial charge in [-0.15, -0.1) is 0 Å². The maximum absolute atomic E-state index is 12.0. The highest BCUT2D eigenvalue weighted by Crippen LogP contribution is 2.21. The molecule has 1 aliphatic rings. The number of halogens is 1. The Morgan fingerprint density at radius 2 is 2.06 bits per heavy atom. The molecule has 0 amide bonds. The lowest BCUT2D eigenvalue weighted by molar-refractivity contribution is -0.116. The molecule has 1 aromatic carbocycles. The lowest BCUT2D eigenvalue weighted by atomic mass is 10.4. The maximum atomic E-state index is 12.0. The van der Waals surface area contributed by atoms with Gasteiger partial charge in [-0.3, -0.25) is 4.79 Å². The number of Topliss-reactive ketones (excluding diaryl/α,β-unsaturated/α-hetero) is 1. The monoisotopic (exact) mass is 259 g/mol. The highest BCUT2D eigenvalue weighted by atomic mass is 35.5. The summed E-state index contributed by atoms with van der Waals surface area (Å²) in [5, 5.41) is 0.367. The Balaban J connectivity index is 2.36. The molecule has 6 heteroatoms. The summed E-state index contributed by atoms with van der Waals surface area (Å²) in [6.45, 7) is 0.225. The van der Waals surface area contributed by atoms with Crippen molar-refractivity contribution in [1.29, 1.82) is 0 Å². The van der Waals surface area contributed by atoms with Crippen LogP contribution in [0.4, 0.5) is 0 Å². The van der Waals surface area contributed by atoms with Gasteiger partial charge in [0.1, 0.15) is 5.78 Å². The molecule has 4 nitrogen and oxygen atoms in total. The van der Waals surface area contributed by atoms with Gasteiger partial charge in [0.25, 0.3) is 0 Å². The van der Waals surface area contributed by atoms with Crippen molar-refractivity contribution in [3.05, 3.63) is 29.3 Å². The zero-order valence-corrected chi connectivity index (χ0v) is 9.96. The third kappa shape index (κ3) is 2.11. The van der Waals surface area contributed by atoms with E-state index in [1.165, 1.54) is 16.4 Å². The molecule has 2 rings (SSSR count). The number of benzene rings is 1. The van der Waals surface area contributed by atoms with Gasteiger partial charge in [-0.05, 0) is 18.2 Å². The predicted octanol–water partition coefficient (Wildman–Crippen LogP) is 1.30. The van der Waals surface area contributed by atoms with Gasteiger partial charge in [0, 0.05) is 18.0 Å². The number of hydrogen-bond acceptors (Lipinski definition) is 3. The van der Waals surface area contributed by atoms with Gasteiger partial charge in [0.05, 0.1) is 11.4 Å². The van der Waals surface area contributed by atoms with Gasteiger partial charge in [0.15, 0.2) is 0 Å². The van der Waals surface area contributed by atoms with Gasteiger partial charge in [-0.25, -0.2) is 8.42 Å². The SMILES string of the molecule is O=C1CCN(S(=O)(=O)c2cccc(Cl)c2)C1. The molecule has 1 heterocycles. The molecule has 1 saturated heterocycles. The fourth-order valence-electron chi connectivity index (χ4n) is 1.59. The Kier molecular flexibility index (Phi) is 3.01. The van der Waals surface area contributed by atoms with Crippen LogP contribution in [-0.4, -0.2) is 31.6 Å². The molecule has 0 radical (unpaired) electrons. The van der Waals surface area contributed by atoms with E-state index in [9.17, 15) is 13.2 Å². The van der Waals surface area contributed by atoms with Crippen molar-refractivity contribution in [1.82, 2.24) is 4.31 Å². The normalized spacial score (nSPS) is 17.9. The molecule has 1 aromatic rings. The van der Waals surface area contributed by atoms with E-state index < -0.39 is 10.0 Å². The standard InChI is InChI=1S/C10H10ClNO3S/c11-8-2-1-3-10(6-8)16(14,15)12-5-4-9(13)7-12/h1-3,6H,4-5,7H2. The van der Waals surface area contributed by atoms with Crippen LogP contribution in [0.5, 0.6) is 0 Å². The fraction of sp³-hybridized carbons (Fsp3) is 0.300. The zero-order chi connectivity index (χ0) is 11.8. The molecule has 0 aromatic heterocycles. The number of ketones is 1. The average molecular weight is 260 g/mol. The molecule has 0 spiro atoms. The van der Waals surface area contributed by atoms with E-state index in [2.05, 4.69) is 0 Å². The van der Waals surface area contributed by atoms with E-state index >= 15 is 0 Å². The number of carbonyl (C=O) groups excluding carboxylic acids is 1. The van der Waals surface area contributed by atoms with Crippen molar-refractivity contribution in [2.45, 2.75) is 11.3 Å². The Morgan fingerprint density at radius 1 is 1.31 bits per heavy atom. The van der Waals surface area contributed by atoms with E-state index in [0.29, 0.717) is 11.4 Å². The largest absolute Gasteiger partial charge is 0.298 e. The first kappa shape index (κ1) is 11.6. The first-order chi connectivity index (χ1) is 7.50. The summed E-state index contributed by atoms with van der Waals surface area (Å²) >= 11 is 5.74. The third-order valence-electron chi connectivity index (χ3n) is 2.43. The molecule has 0 unspecified atom stereocenters. The Bertz CT molecular complexity index is 527. The molecular formula is C10H10ClNO3S. The highest BCUT2D eigenvalue weighted by molar-refractivity contribution is 7.89. The Morgan fingerprint density at radius 3 is 2.62 bits per heavy atom. The first-order valence-electron chi connectivity index (χ1n) is 4.77. The summed E-state index contributed by atoms with van der Waals surface area (Å²) in [5.74, 6) is -0.0504. The molecule has 0 atom stereocenters. The van der Waals surface area contributed by atoms with Crippen LogP contribution in [0.2, 0.25) is 5.02 Å². The smallest absolute Gasteiger partial charge is 0.243 e. The molecule has 0 bridgehead atoms. The Labute approximate surface area is 98.9 Å². The summed E-state index contributed by atoms with van der Waals surface area (Å²) < 4.78 is 25.3. The lowest BCUT2D eigenvalue weighted by Gasteiger charge is -2.14. The molecule has 16 heavy (non-hydrogen) atoms. The minimum atomic E-state index is -3.57. The van der Waals surface area contributed by atoms with E-state index in [1.54, 1.807) is 12.1 Å². The second kappa shape index (κ2) is 4.16. The molecule has 1 aliphatic heterocycles. The summed E-state index contributed by atoms with van der Waals surface area (Å²) in [4.78, 5) is 11.2. The Hall–Kier alpha value is -0.910. The van der Waals surface area contributed by atoms with E-state index in [1.807, 2.05) is 0 Å². The van der Waals surface area contributed by atoms with Crippen LogP contribution in [-0.2, 0) is 14.8 Å². The quantitative estimate of drug-likeness (QED) is 0.805. The van der Waals surface area contributed by atoms with Crippen molar-refractivity contribution in [2.24, 2.45) is 0 Å². The van der Waals surface area contributed by atoms with Crippen LogP contribution in [0.25, 0.3) is 0 Å². The minimum Gasteiger partial charge on any atom is -0.298 e. The molecule has 86 valence electrons. The number of rotatable bonds is 2. The summed E-state index contributed by atoms with van der Waals surface area (Å²) in [5.41, 5.74) is 0. The van der Waals surface area contributed by atoms with E-state index in [4.69, 9.17) is 11.6 Å². The number of sulfonamides is 1. The van der Waals surface area contributed by atoms with Gasteiger partial charge >= 0.3 is 0 Å². The second-order valence-corrected chi connectivity index (χ2v) is 5.96. The third-order valence-corrected chi connectivity index (χ3v) is 4.50. The first-order valence-corrected chi connectivity index (χ1v) is 6.59. The van der Waals surface area contributed by atoms with Crippen LogP contribution >= 0.6 is 11.6 Å². The van der Waals surface area contributed by atoms with E-state index in [-0.39, 0.29) is 23.8 Å². The van der Waals surface area contributed by atoms with Crippen molar-refractivity contribution in [3.63, 3.8) is 0 Å². The summed E-state index contributed by atoms with van der Waals surface area (Å²) in [6, 6.07) is 6.05. The average Bonchev–Trinajstić information content (AvgIpc) is 2.65. The van der Waals surface area contributed by atoms with Gasteiger partial charge in [-0.1, -0.05) is 17.7 Å². The van der Waals surface area contributed by atoms with Crippen molar-refractivity contribution >= 4 is 27.4 Å². The van der Waals surface area contributed by atoms with Crippen LogP contribution in [0, 0.1) is 0 Å². The minimum absolute atomic E-state index is 0.0329. The number of hydrogen-bond donors (Lipinski definition) is 0. The fourth-order valence-corrected chi connectivity index (χ4v) is 3.31.